The van der Waals surface area contributed by atoms with Gasteiger partial charge in [-0.3, -0.25) is 0 Å². The summed E-state index contributed by atoms with van der Waals surface area (Å²) in [7, 11) is -4.61. The highest BCUT2D eigenvalue weighted by Crippen LogP contribution is 2.29. The van der Waals surface area contributed by atoms with Crippen molar-refractivity contribution in [2.75, 3.05) is 0 Å². The first-order chi connectivity index (χ1) is 6.49. The average Bonchev–Trinajstić information content (AvgIpc) is 2.14. The summed E-state index contributed by atoms with van der Waals surface area (Å²) >= 11 is 0.636. The van der Waals surface area contributed by atoms with Crippen LogP contribution in [0.1, 0.15) is 17.7 Å². The lowest BCUT2D eigenvalue weighted by Gasteiger charge is -2.11. The van der Waals surface area contributed by atoms with E-state index >= 15 is 0 Å². The molecular weight excluding hydrogens is 224 g/mol. The molecule has 0 N–H and O–H groups in total. The normalized spacial score (nSPS) is 13.9. The molecule has 4 nitrogen and oxygen atoms in total. The van der Waals surface area contributed by atoms with Crippen molar-refractivity contribution >= 4 is 22.4 Å². The molecule has 0 fully saturated rings. The molecule has 1 aromatic rings. The second-order valence-electron chi connectivity index (χ2n) is 2.63. The van der Waals surface area contributed by atoms with E-state index in [1.165, 1.54) is 0 Å². The van der Waals surface area contributed by atoms with Gasteiger partial charge in [-0.05, 0) is 12.5 Å². The van der Waals surface area contributed by atoms with Crippen molar-refractivity contribution in [3.8, 4) is 0 Å². The van der Waals surface area contributed by atoms with Crippen molar-refractivity contribution in [1.29, 1.82) is 0 Å². The third-order valence-electron chi connectivity index (χ3n) is 1.54. The molecule has 0 aliphatic rings. The molecule has 0 radical (unpaired) electrons. The second kappa shape index (κ2) is 4.79. The Morgan fingerprint density at radius 2 is 1.93 bits per heavy atom. The molecule has 0 bridgehead atoms. The van der Waals surface area contributed by atoms with Gasteiger partial charge in [0.15, 0.2) is 0 Å². The van der Waals surface area contributed by atoms with Crippen LogP contribution in [0.15, 0.2) is 30.3 Å². The summed E-state index contributed by atoms with van der Waals surface area (Å²) in [5.41, 5.74) is 0.904. The smallest absolute Gasteiger partial charge is 0.228 e. The van der Waals surface area contributed by atoms with Gasteiger partial charge in [-0.25, -0.2) is 12.0 Å². The zero-order valence-corrected chi connectivity index (χ0v) is 9.05. The van der Waals surface area contributed by atoms with Crippen LogP contribution in [0.3, 0.4) is 0 Å². The van der Waals surface area contributed by atoms with Gasteiger partial charge in [-0.15, -0.1) is 0 Å². The van der Waals surface area contributed by atoms with Gasteiger partial charge in [0, 0.05) is 12.0 Å². The van der Waals surface area contributed by atoms with Gasteiger partial charge >= 0.3 is 0 Å². The fourth-order valence-electron chi connectivity index (χ4n) is 0.887. The summed E-state index contributed by atoms with van der Waals surface area (Å²) < 4.78 is 34.6. The van der Waals surface area contributed by atoms with Crippen molar-refractivity contribution in [3.05, 3.63) is 35.9 Å². The quantitative estimate of drug-likeness (QED) is 0.451. The lowest BCUT2D eigenvalue weighted by Crippen LogP contribution is -1.99. The van der Waals surface area contributed by atoms with Crippen LogP contribution in [0.25, 0.3) is 0 Å². The first-order valence-electron chi connectivity index (χ1n) is 3.85. The largest absolute Gasteiger partial charge is 0.725 e. The van der Waals surface area contributed by atoms with E-state index in [1.54, 1.807) is 6.92 Å². The number of hydrogen-bond donors (Lipinski definition) is 0. The van der Waals surface area contributed by atoms with E-state index < -0.39 is 10.4 Å². The lowest BCUT2D eigenvalue weighted by atomic mass is 10.2. The van der Waals surface area contributed by atoms with E-state index in [9.17, 15) is 13.0 Å². The zero-order valence-electron chi connectivity index (χ0n) is 7.41. The summed E-state index contributed by atoms with van der Waals surface area (Å²) in [5.74, 6) is 0. The third-order valence-corrected chi connectivity index (χ3v) is 3.08. The summed E-state index contributed by atoms with van der Waals surface area (Å²) in [5, 5.41) is -0.195. The van der Waals surface area contributed by atoms with E-state index in [0.29, 0.717) is 12.0 Å². The summed E-state index contributed by atoms with van der Waals surface area (Å²) in [4.78, 5) is 0. The third kappa shape index (κ3) is 4.10. The van der Waals surface area contributed by atoms with Crippen molar-refractivity contribution < 1.29 is 16.6 Å². The zero-order chi connectivity index (χ0) is 10.6. The van der Waals surface area contributed by atoms with Crippen LogP contribution in [0, 0.1) is 0 Å². The molecule has 0 saturated heterocycles. The van der Waals surface area contributed by atoms with Gasteiger partial charge < -0.3 is 4.55 Å². The van der Waals surface area contributed by atoms with Crippen LogP contribution < -0.4 is 0 Å². The minimum Gasteiger partial charge on any atom is -0.725 e. The van der Waals surface area contributed by atoms with E-state index in [1.807, 2.05) is 30.3 Å². The predicted octanol–water partition coefficient (Wildman–Crippen LogP) is 1.87. The van der Waals surface area contributed by atoms with E-state index in [-0.39, 0.29) is 5.25 Å². The Morgan fingerprint density at radius 1 is 1.36 bits per heavy atom. The van der Waals surface area contributed by atoms with Crippen molar-refractivity contribution in [2.45, 2.75) is 12.2 Å². The van der Waals surface area contributed by atoms with E-state index in [4.69, 9.17) is 0 Å². The van der Waals surface area contributed by atoms with Crippen LogP contribution >= 0.6 is 12.0 Å². The molecule has 6 heteroatoms. The lowest BCUT2D eigenvalue weighted by molar-refractivity contribution is 0.390. The van der Waals surface area contributed by atoms with Gasteiger partial charge in [0.2, 0.25) is 10.4 Å². The highest BCUT2D eigenvalue weighted by Gasteiger charge is 2.08. The van der Waals surface area contributed by atoms with Crippen LogP contribution in [0.5, 0.6) is 0 Å². The monoisotopic (exact) mass is 233 g/mol. The topological polar surface area (TPSA) is 66.4 Å². The minimum atomic E-state index is -4.61. The molecule has 0 aromatic heterocycles. The molecule has 1 rings (SSSR count). The van der Waals surface area contributed by atoms with Crippen LogP contribution in [0.4, 0.5) is 0 Å². The van der Waals surface area contributed by atoms with Gasteiger partial charge in [0.1, 0.15) is 0 Å². The fourth-order valence-corrected chi connectivity index (χ4v) is 2.01. The number of rotatable bonds is 4. The molecule has 1 unspecified atom stereocenters. The molecule has 0 saturated carbocycles. The Bertz CT molecular complexity index is 374. The molecular formula is C8H9O4S2-. The predicted molar refractivity (Wildman–Crippen MR) is 53.2 cm³/mol. The van der Waals surface area contributed by atoms with Crippen LogP contribution in [0.2, 0.25) is 0 Å². The Morgan fingerprint density at radius 3 is 2.43 bits per heavy atom. The summed E-state index contributed by atoms with van der Waals surface area (Å²) in [6, 6.07) is 9.18. The summed E-state index contributed by atoms with van der Waals surface area (Å²) in [6.45, 7) is 1.76. The molecule has 1 atom stereocenters. The molecule has 0 spiro atoms. The number of benzene rings is 1. The molecule has 0 aliphatic carbocycles. The Hall–Kier alpha value is -0.560. The van der Waals surface area contributed by atoms with Crippen molar-refractivity contribution in [3.63, 3.8) is 0 Å². The van der Waals surface area contributed by atoms with E-state index in [2.05, 4.69) is 3.63 Å². The first kappa shape index (κ1) is 11.5. The van der Waals surface area contributed by atoms with Crippen LogP contribution in [-0.4, -0.2) is 13.0 Å². The van der Waals surface area contributed by atoms with Gasteiger partial charge in [0.05, 0.1) is 5.25 Å². The summed E-state index contributed by atoms with van der Waals surface area (Å²) in [6.07, 6.45) is 0. The number of hydrogen-bond acceptors (Lipinski definition) is 5. The highest BCUT2D eigenvalue weighted by atomic mass is 32.3. The maximum Gasteiger partial charge on any atom is 0.228 e. The molecule has 14 heavy (non-hydrogen) atoms. The molecule has 0 amide bonds. The molecule has 78 valence electrons. The minimum absolute atomic E-state index is 0.195. The Balaban J connectivity index is 2.56. The Kier molecular flexibility index (Phi) is 3.94. The van der Waals surface area contributed by atoms with Gasteiger partial charge in [-0.2, -0.15) is 0 Å². The van der Waals surface area contributed by atoms with Crippen molar-refractivity contribution in [2.24, 2.45) is 0 Å². The fraction of sp³-hybridized carbons (Fsp3) is 0.250. The maximum absolute atomic E-state index is 10.2. The highest BCUT2D eigenvalue weighted by molar-refractivity contribution is 8.02. The van der Waals surface area contributed by atoms with Gasteiger partial charge in [0.25, 0.3) is 0 Å². The first-order valence-corrected chi connectivity index (χ1v) is 5.98. The molecule has 0 aliphatic heterocycles. The SMILES string of the molecule is CC(SOS(=O)(=O)[O-])c1ccccc1. The second-order valence-corrected chi connectivity index (χ2v) is 4.89. The molecule has 1 aromatic carbocycles. The standard InChI is InChI=1S/C8H10O4S2/c1-7(13-12-14(9,10)11)8-5-3-2-4-6-8/h2-7H,1H3,(H,9,10,11)/p-1. The van der Waals surface area contributed by atoms with E-state index in [0.717, 1.165) is 5.56 Å². The van der Waals surface area contributed by atoms with Crippen LogP contribution in [-0.2, 0) is 14.0 Å². The van der Waals surface area contributed by atoms with Gasteiger partial charge in [-0.1, -0.05) is 30.3 Å². The van der Waals surface area contributed by atoms with Crippen molar-refractivity contribution in [1.82, 2.24) is 0 Å². The molecule has 0 heterocycles. The Labute approximate surface area is 87.4 Å². The maximum atomic E-state index is 10.2. The average molecular weight is 233 g/mol.